The van der Waals surface area contributed by atoms with Crippen LogP contribution in [0.5, 0.6) is 0 Å². The van der Waals surface area contributed by atoms with E-state index in [1.165, 1.54) is 12.8 Å². The first-order chi connectivity index (χ1) is 16.2. The molecule has 0 aromatic rings. The van der Waals surface area contributed by atoms with Gasteiger partial charge in [0.15, 0.2) is 12.4 Å². The monoisotopic (exact) mass is 492 g/mol. The van der Waals surface area contributed by atoms with Gasteiger partial charge in [-0.15, -0.1) is 0 Å². The van der Waals surface area contributed by atoms with Gasteiger partial charge in [-0.1, -0.05) is 45.4 Å². The second-order valence-corrected chi connectivity index (χ2v) is 8.59. The average Bonchev–Trinajstić information content (AvgIpc) is 3.10. The van der Waals surface area contributed by atoms with Crippen molar-refractivity contribution in [3.8, 4) is 0 Å². The topological polar surface area (TPSA) is 189 Å². The minimum atomic E-state index is -1.88. The van der Waals surface area contributed by atoms with Crippen molar-refractivity contribution in [2.45, 2.75) is 107 Å². The summed E-state index contributed by atoms with van der Waals surface area (Å²) in [5.74, 6) is -2.70. The first-order valence-electron chi connectivity index (χ1n) is 11.7. The van der Waals surface area contributed by atoms with Gasteiger partial charge in [0.25, 0.3) is 0 Å². The fourth-order valence-corrected chi connectivity index (χ4v) is 3.78. The van der Waals surface area contributed by atoms with Crippen LogP contribution in [-0.2, 0) is 33.3 Å². The number of aliphatic hydroxyl groups excluding tert-OH is 5. The minimum Gasteiger partial charge on any atom is -0.463 e. The molecule has 5 N–H and O–H groups in total. The highest BCUT2D eigenvalue weighted by Crippen LogP contribution is 2.26. The molecule has 12 heteroatoms. The highest BCUT2D eigenvalue weighted by molar-refractivity contribution is 6.09. The Labute approximate surface area is 197 Å². The summed E-state index contributed by atoms with van der Waals surface area (Å²) in [6, 6.07) is 0. The highest BCUT2D eigenvalue weighted by Gasteiger charge is 2.52. The van der Waals surface area contributed by atoms with Crippen molar-refractivity contribution in [3.63, 3.8) is 0 Å². The molecule has 2 unspecified atom stereocenters. The molecule has 2 heterocycles. The Kier molecular flexibility index (Phi) is 11.8. The van der Waals surface area contributed by atoms with Crippen molar-refractivity contribution < 1.29 is 58.9 Å². The Bertz CT molecular complexity index is 668. The van der Waals surface area contributed by atoms with Crippen molar-refractivity contribution >= 4 is 17.7 Å². The van der Waals surface area contributed by atoms with Crippen molar-refractivity contribution in [1.82, 2.24) is 0 Å². The van der Waals surface area contributed by atoms with Gasteiger partial charge < -0.3 is 44.5 Å². The summed E-state index contributed by atoms with van der Waals surface area (Å²) in [4.78, 5) is 36.5. The molecule has 2 aliphatic rings. The summed E-state index contributed by atoms with van der Waals surface area (Å²) in [5, 5.41) is 49.0. The highest BCUT2D eigenvalue weighted by atomic mass is 16.7. The van der Waals surface area contributed by atoms with Gasteiger partial charge in [-0.05, 0) is 6.42 Å². The number of hydrogen-bond donors (Lipinski definition) is 5. The summed E-state index contributed by atoms with van der Waals surface area (Å²) in [6.07, 6.45) is -6.06. The number of esters is 2. The molecular weight excluding hydrogens is 456 g/mol. The van der Waals surface area contributed by atoms with Crippen molar-refractivity contribution in [2.75, 3.05) is 13.2 Å². The zero-order chi connectivity index (χ0) is 25.3. The largest absolute Gasteiger partial charge is 0.463 e. The predicted molar refractivity (Wildman–Crippen MR) is 113 cm³/mol. The lowest BCUT2D eigenvalue weighted by molar-refractivity contribution is -0.305. The van der Waals surface area contributed by atoms with Crippen LogP contribution in [0.4, 0.5) is 0 Å². The average molecular weight is 493 g/mol. The van der Waals surface area contributed by atoms with Gasteiger partial charge in [0.1, 0.15) is 37.1 Å². The van der Waals surface area contributed by atoms with Crippen LogP contribution in [0.2, 0.25) is 0 Å². The van der Waals surface area contributed by atoms with Crippen LogP contribution in [0.3, 0.4) is 0 Å². The third-order valence-electron chi connectivity index (χ3n) is 5.86. The number of hydrogen-bond acceptors (Lipinski definition) is 12. The second kappa shape index (κ2) is 14.0. The minimum absolute atomic E-state index is 0.168. The van der Waals surface area contributed by atoms with E-state index in [1.807, 2.05) is 0 Å². The number of cyclic esters (lactones) is 1. The molecule has 0 radical (unpaired) electrons. The zero-order valence-electron chi connectivity index (χ0n) is 19.3. The molecule has 0 aliphatic carbocycles. The number of unbranched alkanes of at least 4 members (excludes halogenated alkanes) is 6. The summed E-state index contributed by atoms with van der Waals surface area (Å²) in [5.41, 5.74) is 0. The van der Waals surface area contributed by atoms with Crippen LogP contribution < -0.4 is 0 Å². The second-order valence-electron chi connectivity index (χ2n) is 8.59. The van der Waals surface area contributed by atoms with E-state index in [0.29, 0.717) is 6.42 Å². The fraction of sp³-hybridized carbons (Fsp3) is 0.864. The van der Waals surface area contributed by atoms with Gasteiger partial charge in [-0.25, -0.2) is 4.79 Å². The Morgan fingerprint density at radius 3 is 2.29 bits per heavy atom. The summed E-state index contributed by atoms with van der Waals surface area (Å²) in [6.45, 7) is 0.850. The van der Waals surface area contributed by atoms with Crippen LogP contribution in [0.1, 0.15) is 58.3 Å². The van der Waals surface area contributed by atoms with Crippen molar-refractivity contribution in [2.24, 2.45) is 0 Å². The van der Waals surface area contributed by atoms with E-state index in [1.54, 1.807) is 0 Å². The maximum Gasteiger partial charge on any atom is 0.344 e. The van der Waals surface area contributed by atoms with Gasteiger partial charge in [-0.2, -0.15) is 0 Å². The molecule has 196 valence electrons. The number of ether oxygens (including phenoxy) is 4. The molecule has 0 amide bonds. The first kappa shape index (κ1) is 28.6. The molecule has 0 aromatic heterocycles. The Balaban J connectivity index is 1.77. The van der Waals surface area contributed by atoms with E-state index in [0.717, 1.165) is 25.7 Å². The lowest BCUT2D eigenvalue weighted by atomic mass is 9.99. The molecule has 12 nitrogen and oxygen atoms in total. The molecule has 0 aromatic carbocycles. The summed E-state index contributed by atoms with van der Waals surface area (Å²) < 4.78 is 20.1. The van der Waals surface area contributed by atoms with Crippen LogP contribution >= 0.6 is 0 Å². The molecule has 0 saturated carbocycles. The Morgan fingerprint density at radius 2 is 1.65 bits per heavy atom. The normalized spacial score (nSPS) is 32.5. The van der Waals surface area contributed by atoms with Crippen molar-refractivity contribution in [3.05, 3.63) is 0 Å². The molecule has 0 spiro atoms. The molecule has 2 fully saturated rings. The smallest absolute Gasteiger partial charge is 0.344 e. The third-order valence-corrected chi connectivity index (χ3v) is 5.86. The maximum atomic E-state index is 12.5. The molecule has 34 heavy (non-hydrogen) atoms. The quantitative estimate of drug-likeness (QED) is 0.110. The predicted octanol–water partition coefficient (Wildman–Crippen LogP) is -1.29. The van der Waals surface area contributed by atoms with E-state index < -0.39 is 80.0 Å². The van der Waals surface area contributed by atoms with E-state index >= 15 is 0 Å². The van der Waals surface area contributed by atoms with Gasteiger partial charge in [0, 0.05) is 6.42 Å². The van der Waals surface area contributed by atoms with Gasteiger partial charge >= 0.3 is 11.9 Å². The standard InChI is InChI=1S/C22H36O12/c1-2-3-4-5-6-7-8-9-14(25)31-11-12(24)19-18(29)20(21(30)33-19)34-22-17(28)16(27)15(26)13(10-23)32-22/h12-13,15-17,19-20,22-24,26-28H,2-11H2,1H3/t12-,13-,15-,16+,17-,19?,20?,22-/m1/s1. The fourth-order valence-electron chi connectivity index (χ4n) is 3.78. The van der Waals surface area contributed by atoms with E-state index in [4.69, 9.17) is 18.9 Å². The van der Waals surface area contributed by atoms with E-state index in [9.17, 15) is 39.9 Å². The lowest BCUT2D eigenvalue weighted by Crippen LogP contribution is -2.60. The van der Waals surface area contributed by atoms with E-state index in [2.05, 4.69) is 6.92 Å². The molecule has 2 saturated heterocycles. The maximum absolute atomic E-state index is 12.5. The molecule has 2 rings (SSSR count). The zero-order valence-corrected chi connectivity index (χ0v) is 19.3. The number of Topliss-reactive ketones (excluding diaryl/α,β-unsaturated/α-hetero) is 1. The SMILES string of the molecule is CCCCCCCCCC(=O)OC[C@@H](O)C1OC(=O)C(O[C@H]2O[C@H](CO)[C@@H](O)[C@H](O)[C@H]2O)C1=O. The van der Waals surface area contributed by atoms with Crippen LogP contribution in [0.25, 0.3) is 0 Å². The van der Waals surface area contributed by atoms with Gasteiger partial charge in [-0.3, -0.25) is 9.59 Å². The Hall–Kier alpha value is -1.67. The summed E-state index contributed by atoms with van der Waals surface area (Å²) in [7, 11) is 0. The lowest BCUT2D eigenvalue weighted by Gasteiger charge is -2.39. The molecule has 8 atom stereocenters. The number of carbonyl (C=O) groups is 3. The number of rotatable bonds is 14. The third kappa shape index (κ3) is 7.67. The van der Waals surface area contributed by atoms with Crippen LogP contribution in [0, 0.1) is 0 Å². The van der Waals surface area contributed by atoms with Crippen LogP contribution in [-0.4, -0.2) is 105 Å². The number of carbonyl (C=O) groups excluding carboxylic acids is 3. The number of ketones is 1. The molecule has 0 bridgehead atoms. The van der Waals surface area contributed by atoms with Gasteiger partial charge in [0.2, 0.25) is 11.9 Å². The summed E-state index contributed by atoms with van der Waals surface area (Å²) >= 11 is 0. The molecule has 2 aliphatic heterocycles. The van der Waals surface area contributed by atoms with E-state index in [-0.39, 0.29) is 6.42 Å². The number of aliphatic hydroxyl groups is 5. The first-order valence-corrected chi connectivity index (χ1v) is 11.7. The van der Waals surface area contributed by atoms with Crippen LogP contribution in [0.15, 0.2) is 0 Å². The van der Waals surface area contributed by atoms with Gasteiger partial charge in [0.05, 0.1) is 6.61 Å². The van der Waals surface area contributed by atoms with Crippen molar-refractivity contribution in [1.29, 1.82) is 0 Å². The molecular formula is C22H36O12. The Morgan fingerprint density at radius 1 is 1.00 bits per heavy atom.